The van der Waals surface area contributed by atoms with E-state index in [0.29, 0.717) is 5.82 Å². The molecule has 0 aliphatic heterocycles. The molecule has 0 aromatic carbocycles. The average molecular weight is 251 g/mol. The summed E-state index contributed by atoms with van der Waals surface area (Å²) in [7, 11) is 0. The van der Waals surface area contributed by atoms with Crippen molar-refractivity contribution in [1.82, 2.24) is 10.1 Å². The van der Waals surface area contributed by atoms with E-state index in [2.05, 4.69) is 15.0 Å². The predicted octanol–water partition coefficient (Wildman–Crippen LogP) is 1.26. The van der Waals surface area contributed by atoms with Crippen molar-refractivity contribution in [2.75, 3.05) is 11.9 Å². The molecule has 1 saturated carbocycles. The first kappa shape index (κ1) is 12.6. The van der Waals surface area contributed by atoms with Crippen molar-refractivity contribution in [3.05, 3.63) is 12.3 Å². The molecule has 0 atom stereocenters. The van der Waals surface area contributed by atoms with Crippen molar-refractivity contribution in [2.45, 2.75) is 32.7 Å². The number of nitrogens with one attached hydrogen (secondary N) is 1. The fraction of sp³-hybridized carbons (Fsp3) is 0.583. The van der Waals surface area contributed by atoms with E-state index < -0.39 is 0 Å². The normalized spacial score (nSPS) is 14.6. The van der Waals surface area contributed by atoms with Gasteiger partial charge in [0, 0.05) is 18.0 Å². The van der Waals surface area contributed by atoms with Crippen LogP contribution in [0.3, 0.4) is 0 Å². The maximum Gasteiger partial charge on any atom is 0.245 e. The second-order valence-electron chi connectivity index (χ2n) is 4.77. The van der Waals surface area contributed by atoms with Gasteiger partial charge in [-0.3, -0.25) is 9.59 Å². The van der Waals surface area contributed by atoms with E-state index in [9.17, 15) is 9.59 Å². The Bertz CT molecular complexity index is 424. The van der Waals surface area contributed by atoms with E-state index >= 15 is 0 Å². The average Bonchev–Trinajstić information content (AvgIpc) is 3.05. The Kier molecular flexibility index (Phi) is 3.64. The van der Waals surface area contributed by atoms with Crippen LogP contribution in [-0.4, -0.2) is 34.5 Å². The molecule has 2 rings (SSSR count). The van der Waals surface area contributed by atoms with Crippen molar-refractivity contribution < 1.29 is 14.1 Å². The minimum atomic E-state index is -0.258. The van der Waals surface area contributed by atoms with Crippen molar-refractivity contribution >= 4 is 17.6 Å². The monoisotopic (exact) mass is 251 g/mol. The molecule has 1 aromatic heterocycles. The molecule has 0 bridgehead atoms. The molecule has 1 aliphatic rings. The molecule has 18 heavy (non-hydrogen) atoms. The third-order valence-corrected chi connectivity index (χ3v) is 2.85. The summed E-state index contributed by atoms with van der Waals surface area (Å²) < 4.78 is 4.62. The largest absolute Gasteiger partial charge is 0.363 e. The van der Waals surface area contributed by atoms with E-state index in [4.69, 9.17) is 0 Å². The van der Waals surface area contributed by atoms with Gasteiger partial charge in [-0.25, -0.2) is 0 Å². The second kappa shape index (κ2) is 5.20. The van der Waals surface area contributed by atoms with E-state index in [1.807, 2.05) is 13.8 Å². The van der Waals surface area contributed by atoms with Gasteiger partial charge >= 0.3 is 0 Å². The van der Waals surface area contributed by atoms with Gasteiger partial charge < -0.3 is 14.7 Å². The zero-order valence-corrected chi connectivity index (χ0v) is 10.5. The Hall–Kier alpha value is -1.85. The summed E-state index contributed by atoms with van der Waals surface area (Å²) in [5.74, 6) is 0.293. The van der Waals surface area contributed by atoms with Crippen LogP contribution in [0, 0.1) is 5.92 Å². The highest BCUT2D eigenvalue weighted by Gasteiger charge is 2.35. The van der Waals surface area contributed by atoms with Crippen LogP contribution < -0.4 is 5.32 Å². The molecule has 98 valence electrons. The van der Waals surface area contributed by atoms with Gasteiger partial charge in [0.1, 0.15) is 12.8 Å². The van der Waals surface area contributed by atoms with Crippen LogP contribution in [-0.2, 0) is 9.59 Å². The second-order valence-corrected chi connectivity index (χ2v) is 4.77. The quantitative estimate of drug-likeness (QED) is 0.854. The third kappa shape index (κ3) is 3.09. The van der Waals surface area contributed by atoms with Crippen molar-refractivity contribution in [3.63, 3.8) is 0 Å². The van der Waals surface area contributed by atoms with Crippen molar-refractivity contribution in [3.8, 4) is 0 Å². The highest BCUT2D eigenvalue weighted by molar-refractivity contribution is 5.94. The first-order valence-electron chi connectivity index (χ1n) is 6.08. The zero-order chi connectivity index (χ0) is 13.1. The molecule has 1 fully saturated rings. The first-order valence-corrected chi connectivity index (χ1v) is 6.08. The van der Waals surface area contributed by atoms with Crippen molar-refractivity contribution in [2.24, 2.45) is 5.92 Å². The number of carbonyl (C=O) groups is 2. The maximum absolute atomic E-state index is 12.0. The maximum atomic E-state index is 12.0. The molecule has 2 amide bonds. The van der Waals surface area contributed by atoms with Gasteiger partial charge in [-0.2, -0.15) is 0 Å². The molecular weight excluding hydrogens is 234 g/mol. The van der Waals surface area contributed by atoms with Gasteiger partial charge in [-0.05, 0) is 26.7 Å². The molecular formula is C12H17N3O3. The molecule has 0 radical (unpaired) electrons. The lowest BCUT2D eigenvalue weighted by Crippen LogP contribution is -2.43. The summed E-state index contributed by atoms with van der Waals surface area (Å²) in [5, 5.41) is 6.17. The third-order valence-electron chi connectivity index (χ3n) is 2.85. The Labute approximate surface area is 105 Å². The molecule has 6 nitrogen and oxygen atoms in total. The summed E-state index contributed by atoms with van der Waals surface area (Å²) in [4.78, 5) is 25.4. The molecule has 1 heterocycles. The fourth-order valence-electron chi connectivity index (χ4n) is 1.69. The molecule has 1 aromatic rings. The summed E-state index contributed by atoms with van der Waals surface area (Å²) in [6, 6.07) is 1.57. The Balaban J connectivity index is 1.91. The van der Waals surface area contributed by atoms with Crippen LogP contribution in [0.25, 0.3) is 0 Å². The number of anilines is 1. The van der Waals surface area contributed by atoms with Crippen LogP contribution in [0.5, 0.6) is 0 Å². The Morgan fingerprint density at radius 2 is 2.28 bits per heavy atom. The number of amides is 2. The highest BCUT2D eigenvalue weighted by atomic mass is 16.5. The minimum absolute atomic E-state index is 0.0150. The topological polar surface area (TPSA) is 75.4 Å². The summed E-state index contributed by atoms with van der Waals surface area (Å²) in [6.45, 7) is 3.87. The van der Waals surface area contributed by atoms with Gasteiger partial charge in [0.15, 0.2) is 5.82 Å². The summed E-state index contributed by atoms with van der Waals surface area (Å²) in [6.07, 6.45) is 3.26. The summed E-state index contributed by atoms with van der Waals surface area (Å²) in [5.41, 5.74) is 0. The van der Waals surface area contributed by atoms with Gasteiger partial charge in [0.25, 0.3) is 0 Å². The number of nitrogens with zero attached hydrogens (tertiary/aromatic N) is 2. The number of hydrogen-bond acceptors (Lipinski definition) is 4. The van der Waals surface area contributed by atoms with E-state index in [-0.39, 0.29) is 30.3 Å². The van der Waals surface area contributed by atoms with Gasteiger partial charge in [-0.1, -0.05) is 5.16 Å². The van der Waals surface area contributed by atoms with Crippen LogP contribution in [0.2, 0.25) is 0 Å². The number of aromatic nitrogens is 1. The number of carbonyl (C=O) groups excluding carboxylic acids is 2. The highest BCUT2D eigenvalue weighted by Crippen LogP contribution is 2.31. The Morgan fingerprint density at radius 3 is 2.78 bits per heavy atom. The van der Waals surface area contributed by atoms with Crippen LogP contribution in [0.15, 0.2) is 16.9 Å². The molecule has 0 saturated heterocycles. The molecule has 0 spiro atoms. The zero-order valence-electron chi connectivity index (χ0n) is 10.5. The summed E-state index contributed by atoms with van der Waals surface area (Å²) >= 11 is 0. The van der Waals surface area contributed by atoms with Gasteiger partial charge in [-0.15, -0.1) is 0 Å². The van der Waals surface area contributed by atoms with Gasteiger partial charge in [0.2, 0.25) is 11.8 Å². The Morgan fingerprint density at radius 1 is 1.56 bits per heavy atom. The smallest absolute Gasteiger partial charge is 0.245 e. The van der Waals surface area contributed by atoms with Crippen LogP contribution in [0.1, 0.15) is 26.7 Å². The molecule has 1 N–H and O–H groups in total. The van der Waals surface area contributed by atoms with Crippen LogP contribution >= 0.6 is 0 Å². The van der Waals surface area contributed by atoms with Crippen molar-refractivity contribution in [1.29, 1.82) is 0 Å². The van der Waals surface area contributed by atoms with E-state index in [1.54, 1.807) is 11.0 Å². The van der Waals surface area contributed by atoms with Crippen LogP contribution in [0.4, 0.5) is 5.82 Å². The lowest BCUT2D eigenvalue weighted by molar-refractivity contribution is -0.137. The van der Waals surface area contributed by atoms with E-state index in [1.165, 1.54) is 6.26 Å². The lowest BCUT2D eigenvalue weighted by atomic mass is 10.2. The number of hydrogen-bond donors (Lipinski definition) is 1. The molecule has 6 heteroatoms. The first-order chi connectivity index (χ1) is 8.58. The number of rotatable bonds is 5. The minimum Gasteiger partial charge on any atom is -0.363 e. The SMILES string of the molecule is CC(C)N(CC(=O)Nc1ccon1)C(=O)C1CC1. The predicted molar refractivity (Wildman–Crippen MR) is 64.7 cm³/mol. The lowest BCUT2D eigenvalue weighted by Gasteiger charge is -2.26. The standard InChI is InChI=1S/C12H17N3O3/c1-8(2)15(12(17)9-3-4-9)7-11(16)13-10-5-6-18-14-10/h5-6,8-9H,3-4,7H2,1-2H3,(H,13,14,16). The van der Waals surface area contributed by atoms with Gasteiger partial charge in [0.05, 0.1) is 0 Å². The molecule has 1 aliphatic carbocycles. The van der Waals surface area contributed by atoms with E-state index in [0.717, 1.165) is 12.8 Å². The fourth-order valence-corrected chi connectivity index (χ4v) is 1.69. The molecule has 0 unspecified atom stereocenters.